The molecule has 2 aliphatic rings. The molecule has 196 valence electrons. The van der Waals surface area contributed by atoms with Crippen LogP contribution in [0.4, 0.5) is 0 Å². The van der Waals surface area contributed by atoms with E-state index >= 15 is 0 Å². The fourth-order valence-corrected chi connectivity index (χ4v) is 4.74. The van der Waals surface area contributed by atoms with Crippen LogP contribution < -0.4 is 4.84 Å². The zero-order valence-electron chi connectivity index (χ0n) is 21.3. The minimum atomic E-state index is -0.837. The van der Waals surface area contributed by atoms with Crippen LogP contribution in [0, 0.1) is 0 Å². The number of ether oxygens (including phenoxy) is 3. The van der Waals surface area contributed by atoms with Crippen molar-refractivity contribution in [3.63, 3.8) is 0 Å². The van der Waals surface area contributed by atoms with E-state index in [1.807, 2.05) is 58.9 Å². The summed E-state index contributed by atoms with van der Waals surface area (Å²) < 4.78 is 26.3. The van der Waals surface area contributed by atoms with Crippen LogP contribution >= 0.6 is 0 Å². The second-order valence-electron chi connectivity index (χ2n) is 10.8. The Bertz CT molecular complexity index is 1650. The van der Waals surface area contributed by atoms with Gasteiger partial charge in [-0.2, -0.15) is 9.97 Å². The van der Waals surface area contributed by atoms with Gasteiger partial charge in [-0.25, -0.2) is 9.97 Å². The normalized spacial score (nSPS) is 24.9. The van der Waals surface area contributed by atoms with Crippen LogP contribution in [0.5, 0.6) is 5.88 Å². The van der Waals surface area contributed by atoms with Crippen molar-refractivity contribution >= 4 is 22.2 Å². The van der Waals surface area contributed by atoms with Crippen LogP contribution in [-0.4, -0.2) is 62.8 Å². The summed E-state index contributed by atoms with van der Waals surface area (Å²) in [5.41, 5.74) is 2.00. The average molecular weight is 520 g/mol. The van der Waals surface area contributed by atoms with Crippen molar-refractivity contribution < 1.29 is 23.6 Å². The lowest BCUT2D eigenvalue weighted by molar-refractivity contribution is -0.199. The van der Waals surface area contributed by atoms with Crippen LogP contribution in [0.2, 0.25) is 0 Å². The number of nitrogens with zero attached hydrogens (tertiary/aromatic N) is 9. The highest BCUT2D eigenvalue weighted by molar-refractivity contribution is 5.77. The first-order chi connectivity index (χ1) is 18.2. The Balaban J connectivity index is 1.25. The minimum absolute atomic E-state index is 0.214. The minimum Gasteiger partial charge on any atom is -0.341 e. The molecule has 0 bridgehead atoms. The van der Waals surface area contributed by atoms with Crippen molar-refractivity contribution in [2.45, 2.75) is 70.4 Å². The van der Waals surface area contributed by atoms with Crippen LogP contribution in [0.25, 0.3) is 22.2 Å². The third kappa shape index (κ3) is 3.63. The maximum absolute atomic E-state index is 6.44. The van der Waals surface area contributed by atoms with Gasteiger partial charge in [-0.05, 0) is 31.2 Å². The molecule has 0 amide bonds. The number of rotatable bonds is 4. The summed E-state index contributed by atoms with van der Waals surface area (Å²) in [5.74, 6) is 0.287. The van der Waals surface area contributed by atoms with Crippen molar-refractivity contribution in [3.8, 4) is 5.88 Å². The molecule has 7 rings (SSSR count). The average Bonchev–Trinajstić information content (AvgIpc) is 3.67. The van der Waals surface area contributed by atoms with Crippen LogP contribution in [0.15, 0.2) is 41.4 Å². The fraction of sp³-hybridized carbons (Fsp3) is 0.458. The van der Waals surface area contributed by atoms with E-state index in [1.165, 1.54) is 11.2 Å². The summed E-state index contributed by atoms with van der Waals surface area (Å²) in [4.78, 5) is 25.1. The van der Waals surface area contributed by atoms with Gasteiger partial charge in [0.05, 0.1) is 6.33 Å². The Labute approximate surface area is 215 Å². The summed E-state index contributed by atoms with van der Waals surface area (Å²) in [6.07, 6.45) is 0.737. The van der Waals surface area contributed by atoms with E-state index in [4.69, 9.17) is 23.6 Å². The molecule has 5 aromatic rings. The second kappa shape index (κ2) is 7.99. The van der Waals surface area contributed by atoms with Crippen LogP contribution in [0.1, 0.15) is 58.7 Å². The molecule has 0 unspecified atom stereocenters. The molecular weight excluding hydrogens is 494 g/mol. The van der Waals surface area contributed by atoms with Gasteiger partial charge in [0.1, 0.15) is 29.6 Å². The molecular formula is C24H25N9O5. The molecule has 14 heteroatoms. The number of aromatic nitrogens is 9. The summed E-state index contributed by atoms with van der Waals surface area (Å²) in [7, 11) is 0. The van der Waals surface area contributed by atoms with Gasteiger partial charge >= 0.3 is 0 Å². The Morgan fingerprint density at radius 1 is 1.03 bits per heavy atom. The molecule has 1 aromatic carbocycles. The highest BCUT2D eigenvalue weighted by atomic mass is 16.8. The standard InChI is InChI=1S/C24H25N9O5/c1-23(2,3)22-28-20(37-30-22)16-15-17(36-24(4,5)35-15)21(34-16)32-11-27-14-18(32)25-10-26-19(14)38-33-13-9-7-6-8-12(13)29-31-33/h6-11,15-17,21H,1-5H3/t15-,16+,17+,21+/m0/s1. The number of fused-ring (bicyclic) bond motifs is 3. The third-order valence-electron chi connectivity index (χ3n) is 6.48. The van der Waals surface area contributed by atoms with E-state index in [0.29, 0.717) is 33.9 Å². The van der Waals surface area contributed by atoms with Gasteiger partial charge in [0, 0.05) is 5.41 Å². The van der Waals surface area contributed by atoms with Crippen molar-refractivity contribution in [2.75, 3.05) is 0 Å². The number of hydrogen-bond acceptors (Lipinski definition) is 12. The summed E-state index contributed by atoms with van der Waals surface area (Å²) in [6.45, 7) is 9.76. The molecule has 0 radical (unpaired) electrons. The van der Waals surface area contributed by atoms with Crippen LogP contribution in [0.3, 0.4) is 0 Å². The van der Waals surface area contributed by atoms with Gasteiger partial charge in [0.2, 0.25) is 0 Å². The zero-order chi connectivity index (χ0) is 26.2. The molecule has 38 heavy (non-hydrogen) atoms. The lowest BCUT2D eigenvalue weighted by Gasteiger charge is -2.23. The lowest BCUT2D eigenvalue weighted by Crippen LogP contribution is -2.27. The molecule has 0 spiro atoms. The predicted octanol–water partition coefficient (Wildman–Crippen LogP) is 2.88. The highest BCUT2D eigenvalue weighted by Crippen LogP contribution is 2.49. The summed E-state index contributed by atoms with van der Waals surface area (Å²) in [6, 6.07) is 7.44. The van der Waals surface area contributed by atoms with E-state index in [2.05, 4.69) is 35.4 Å². The van der Waals surface area contributed by atoms with Gasteiger partial charge in [0.15, 0.2) is 35.1 Å². The number of benzene rings is 1. The summed E-state index contributed by atoms with van der Waals surface area (Å²) >= 11 is 0. The first-order valence-electron chi connectivity index (χ1n) is 12.2. The Hall–Kier alpha value is -4.01. The monoisotopic (exact) mass is 519 g/mol. The lowest BCUT2D eigenvalue weighted by atomic mass is 9.96. The highest BCUT2D eigenvalue weighted by Gasteiger charge is 2.58. The molecule has 0 aliphatic carbocycles. The van der Waals surface area contributed by atoms with Gasteiger partial charge < -0.3 is 23.6 Å². The van der Waals surface area contributed by atoms with Gasteiger partial charge in [-0.3, -0.25) is 4.57 Å². The largest absolute Gasteiger partial charge is 0.341 e. The molecule has 2 saturated heterocycles. The quantitative estimate of drug-likeness (QED) is 0.343. The first kappa shape index (κ1) is 23.1. The maximum atomic E-state index is 6.44. The maximum Gasteiger partial charge on any atom is 0.280 e. The van der Waals surface area contributed by atoms with E-state index < -0.39 is 30.3 Å². The van der Waals surface area contributed by atoms with E-state index in [0.717, 1.165) is 0 Å². The van der Waals surface area contributed by atoms with E-state index in [-0.39, 0.29) is 11.3 Å². The smallest absolute Gasteiger partial charge is 0.280 e. The number of hydrogen-bond donors (Lipinski definition) is 0. The van der Waals surface area contributed by atoms with Crippen molar-refractivity contribution in [3.05, 3.63) is 48.6 Å². The molecule has 2 aliphatic heterocycles. The summed E-state index contributed by atoms with van der Waals surface area (Å²) in [5, 5.41) is 12.3. The second-order valence-corrected chi connectivity index (χ2v) is 10.8. The Kier molecular flexibility index (Phi) is 4.87. The molecule has 4 aromatic heterocycles. The predicted molar refractivity (Wildman–Crippen MR) is 129 cm³/mol. The SMILES string of the molecule is CC1(C)O[C@@H]2[C@@H](O1)[C@H](c1nc(C(C)(C)C)no1)O[C@H]2n1cnc2c(On3nnc4ccccc43)ncnc21. The third-order valence-corrected chi connectivity index (χ3v) is 6.48. The van der Waals surface area contributed by atoms with Gasteiger partial charge in [0.25, 0.3) is 11.8 Å². The number of para-hydroxylation sites is 1. The Morgan fingerprint density at radius 2 is 1.84 bits per heavy atom. The first-order valence-corrected chi connectivity index (χ1v) is 12.2. The van der Waals surface area contributed by atoms with Gasteiger partial charge in [-0.1, -0.05) is 42.9 Å². The Morgan fingerprint density at radius 3 is 2.66 bits per heavy atom. The van der Waals surface area contributed by atoms with Crippen LogP contribution in [-0.2, 0) is 19.6 Å². The van der Waals surface area contributed by atoms with Crippen molar-refractivity contribution in [1.82, 2.24) is 44.8 Å². The topological polar surface area (TPSA) is 150 Å². The van der Waals surface area contributed by atoms with Crippen molar-refractivity contribution in [2.24, 2.45) is 0 Å². The van der Waals surface area contributed by atoms with Crippen molar-refractivity contribution in [1.29, 1.82) is 0 Å². The molecule has 14 nitrogen and oxygen atoms in total. The molecule has 0 N–H and O–H groups in total. The zero-order valence-corrected chi connectivity index (χ0v) is 21.3. The fourth-order valence-electron chi connectivity index (χ4n) is 4.74. The molecule has 0 saturated carbocycles. The van der Waals surface area contributed by atoms with E-state index in [1.54, 1.807) is 10.9 Å². The molecule has 4 atom stereocenters. The molecule has 2 fully saturated rings. The molecule has 6 heterocycles. The number of imidazole rings is 1. The van der Waals surface area contributed by atoms with E-state index in [9.17, 15) is 0 Å². The van der Waals surface area contributed by atoms with Gasteiger partial charge in [-0.15, -0.1) is 5.10 Å².